The first-order chi connectivity index (χ1) is 13.3. The average molecular weight is 359 g/mol. The highest BCUT2D eigenvalue weighted by Gasteiger charge is 2.40. The molecule has 27 heavy (non-hydrogen) atoms. The number of ether oxygens (including phenoxy) is 1. The standard InChI is InChI=1S/C21H21N5O/c22-14-21(15-23)9-5-4-8-17-18(16-6-2-1-3-7-16)20(25-24-19(17)21)26-10-12-27-13-11-26/h1-3,6-7H,4-5,8-13H2. The van der Waals surface area contributed by atoms with Crippen LogP contribution in [-0.2, 0) is 16.6 Å². The van der Waals surface area contributed by atoms with Crippen LogP contribution in [0, 0.1) is 22.7 Å². The summed E-state index contributed by atoms with van der Waals surface area (Å²) in [6, 6.07) is 14.6. The summed E-state index contributed by atoms with van der Waals surface area (Å²) < 4.78 is 5.49. The average Bonchev–Trinajstić information content (AvgIpc) is 2.94. The van der Waals surface area contributed by atoms with Crippen molar-refractivity contribution < 1.29 is 4.74 Å². The molecule has 2 heterocycles. The van der Waals surface area contributed by atoms with Gasteiger partial charge in [-0.25, -0.2) is 0 Å². The van der Waals surface area contributed by atoms with Crippen LogP contribution in [-0.4, -0.2) is 36.5 Å². The molecule has 0 atom stereocenters. The molecular formula is C21H21N5O. The predicted molar refractivity (Wildman–Crippen MR) is 101 cm³/mol. The first kappa shape index (κ1) is 17.5. The summed E-state index contributed by atoms with van der Waals surface area (Å²) >= 11 is 0. The molecule has 1 aliphatic carbocycles. The van der Waals surface area contributed by atoms with Crippen molar-refractivity contribution in [3.8, 4) is 23.3 Å². The van der Waals surface area contributed by atoms with Gasteiger partial charge >= 0.3 is 0 Å². The Hall–Kier alpha value is -2.96. The molecule has 1 aliphatic heterocycles. The topological polar surface area (TPSA) is 85.8 Å². The van der Waals surface area contributed by atoms with Crippen molar-refractivity contribution in [2.45, 2.75) is 31.1 Å². The van der Waals surface area contributed by atoms with E-state index in [1.807, 2.05) is 18.2 Å². The van der Waals surface area contributed by atoms with Crippen molar-refractivity contribution in [3.63, 3.8) is 0 Å². The second kappa shape index (κ2) is 7.34. The number of benzene rings is 1. The molecule has 0 unspecified atom stereocenters. The van der Waals surface area contributed by atoms with E-state index in [2.05, 4.69) is 39.4 Å². The molecule has 4 rings (SSSR count). The molecule has 6 heteroatoms. The number of morpholine rings is 1. The highest BCUT2D eigenvalue weighted by atomic mass is 16.5. The Kier molecular flexibility index (Phi) is 4.75. The molecule has 0 bridgehead atoms. The summed E-state index contributed by atoms with van der Waals surface area (Å²) in [6.07, 6.45) is 3.08. The van der Waals surface area contributed by atoms with Crippen LogP contribution in [0.5, 0.6) is 0 Å². The smallest absolute Gasteiger partial charge is 0.187 e. The number of aromatic nitrogens is 2. The molecule has 0 amide bonds. The fraction of sp³-hybridized carbons (Fsp3) is 0.429. The Bertz CT molecular complexity index is 893. The van der Waals surface area contributed by atoms with Gasteiger partial charge in [0.15, 0.2) is 11.2 Å². The number of nitriles is 2. The molecule has 2 aliphatic rings. The Morgan fingerprint density at radius 1 is 1.00 bits per heavy atom. The lowest BCUT2D eigenvalue weighted by molar-refractivity contribution is 0.122. The number of nitrogens with zero attached hydrogens (tertiary/aromatic N) is 5. The van der Waals surface area contributed by atoms with Crippen molar-refractivity contribution in [2.24, 2.45) is 0 Å². The van der Waals surface area contributed by atoms with Gasteiger partial charge in [-0.3, -0.25) is 0 Å². The third kappa shape index (κ3) is 3.03. The largest absolute Gasteiger partial charge is 0.378 e. The van der Waals surface area contributed by atoms with Crippen LogP contribution < -0.4 is 4.90 Å². The van der Waals surface area contributed by atoms with E-state index in [0.717, 1.165) is 54.9 Å². The van der Waals surface area contributed by atoms with E-state index in [1.54, 1.807) is 0 Å². The Morgan fingerprint density at radius 2 is 1.74 bits per heavy atom. The van der Waals surface area contributed by atoms with Gasteiger partial charge in [-0.1, -0.05) is 36.8 Å². The van der Waals surface area contributed by atoms with Crippen LogP contribution in [0.25, 0.3) is 11.1 Å². The second-order valence-electron chi connectivity index (χ2n) is 7.03. The minimum Gasteiger partial charge on any atom is -0.378 e. The fourth-order valence-electron chi connectivity index (χ4n) is 4.01. The van der Waals surface area contributed by atoms with Crippen molar-refractivity contribution >= 4 is 5.82 Å². The summed E-state index contributed by atoms with van der Waals surface area (Å²) in [6.45, 7) is 2.84. The van der Waals surface area contributed by atoms with Gasteiger partial charge in [-0.05, 0) is 30.4 Å². The summed E-state index contributed by atoms with van der Waals surface area (Å²) in [5.74, 6) is 0.829. The zero-order chi connectivity index (χ0) is 18.7. The lowest BCUT2D eigenvalue weighted by Gasteiger charge is -2.31. The Morgan fingerprint density at radius 3 is 2.44 bits per heavy atom. The number of anilines is 1. The molecule has 1 saturated heterocycles. The highest BCUT2D eigenvalue weighted by Crippen LogP contribution is 2.41. The van der Waals surface area contributed by atoms with Crippen LogP contribution in [0.2, 0.25) is 0 Å². The molecule has 0 N–H and O–H groups in total. The van der Waals surface area contributed by atoms with E-state index >= 15 is 0 Å². The van der Waals surface area contributed by atoms with Gasteiger partial charge in [0.05, 0.1) is 25.4 Å². The minimum atomic E-state index is -1.22. The molecule has 6 nitrogen and oxygen atoms in total. The lowest BCUT2D eigenvalue weighted by atomic mass is 9.81. The molecule has 2 aromatic rings. The van der Waals surface area contributed by atoms with Gasteiger partial charge in [0.2, 0.25) is 0 Å². The van der Waals surface area contributed by atoms with Gasteiger partial charge < -0.3 is 9.64 Å². The van der Waals surface area contributed by atoms with Crippen LogP contribution in [0.15, 0.2) is 30.3 Å². The van der Waals surface area contributed by atoms with Crippen molar-refractivity contribution in [1.29, 1.82) is 10.5 Å². The molecule has 1 fully saturated rings. The Balaban J connectivity index is 1.97. The SMILES string of the molecule is N#CC1(C#N)CCCCc2c1nnc(N1CCOCC1)c2-c1ccccc1. The predicted octanol–water partition coefficient (Wildman–Crippen LogP) is 2.99. The van der Waals surface area contributed by atoms with E-state index < -0.39 is 5.41 Å². The van der Waals surface area contributed by atoms with Gasteiger partial charge in [0.25, 0.3) is 0 Å². The molecule has 1 aromatic carbocycles. The lowest BCUT2D eigenvalue weighted by Crippen LogP contribution is -2.38. The zero-order valence-electron chi connectivity index (χ0n) is 15.2. The van der Waals surface area contributed by atoms with Gasteiger partial charge in [0, 0.05) is 18.7 Å². The third-order valence-corrected chi connectivity index (χ3v) is 5.44. The van der Waals surface area contributed by atoms with Crippen LogP contribution in [0.4, 0.5) is 5.82 Å². The quantitative estimate of drug-likeness (QED) is 0.766. The molecule has 136 valence electrons. The van der Waals surface area contributed by atoms with E-state index in [0.29, 0.717) is 25.3 Å². The third-order valence-electron chi connectivity index (χ3n) is 5.44. The number of hydrogen-bond acceptors (Lipinski definition) is 6. The maximum Gasteiger partial charge on any atom is 0.187 e. The number of rotatable bonds is 2. The number of hydrogen-bond donors (Lipinski definition) is 0. The van der Waals surface area contributed by atoms with Crippen LogP contribution in [0.3, 0.4) is 0 Å². The molecule has 0 spiro atoms. The molecule has 1 aromatic heterocycles. The molecular weight excluding hydrogens is 338 g/mol. The van der Waals surface area contributed by atoms with Gasteiger partial charge in [-0.15, -0.1) is 5.10 Å². The minimum absolute atomic E-state index is 0.507. The van der Waals surface area contributed by atoms with E-state index in [-0.39, 0.29) is 0 Å². The summed E-state index contributed by atoms with van der Waals surface area (Å²) in [5, 5.41) is 28.7. The number of fused-ring (bicyclic) bond motifs is 1. The van der Waals surface area contributed by atoms with Crippen molar-refractivity contribution in [2.75, 3.05) is 31.2 Å². The Labute approximate surface area is 159 Å². The van der Waals surface area contributed by atoms with E-state index in [9.17, 15) is 10.5 Å². The van der Waals surface area contributed by atoms with Crippen LogP contribution in [0.1, 0.15) is 30.5 Å². The fourth-order valence-corrected chi connectivity index (χ4v) is 4.01. The first-order valence-corrected chi connectivity index (χ1v) is 9.40. The van der Waals surface area contributed by atoms with Gasteiger partial charge in [-0.2, -0.15) is 15.6 Å². The highest BCUT2D eigenvalue weighted by molar-refractivity contribution is 5.80. The normalized spacial score (nSPS) is 18.7. The van der Waals surface area contributed by atoms with E-state index in [1.165, 1.54) is 0 Å². The maximum absolute atomic E-state index is 9.83. The molecule has 0 radical (unpaired) electrons. The van der Waals surface area contributed by atoms with Crippen molar-refractivity contribution in [1.82, 2.24) is 10.2 Å². The summed E-state index contributed by atoms with van der Waals surface area (Å²) in [4.78, 5) is 2.20. The van der Waals surface area contributed by atoms with Crippen molar-refractivity contribution in [3.05, 3.63) is 41.6 Å². The molecule has 0 saturated carbocycles. The van der Waals surface area contributed by atoms with Gasteiger partial charge in [0.1, 0.15) is 5.69 Å². The summed E-state index contributed by atoms with van der Waals surface area (Å²) in [5.41, 5.74) is 2.39. The summed E-state index contributed by atoms with van der Waals surface area (Å²) in [7, 11) is 0. The second-order valence-corrected chi connectivity index (χ2v) is 7.03. The monoisotopic (exact) mass is 359 g/mol. The van der Waals surface area contributed by atoms with E-state index in [4.69, 9.17) is 4.74 Å². The first-order valence-electron chi connectivity index (χ1n) is 9.40. The van der Waals surface area contributed by atoms with Crippen LogP contribution >= 0.6 is 0 Å². The maximum atomic E-state index is 9.83. The zero-order valence-corrected chi connectivity index (χ0v) is 15.2.